The normalized spacial score (nSPS) is 10.5. The second kappa shape index (κ2) is 7.64. The van der Waals surface area contributed by atoms with Gasteiger partial charge in [0, 0.05) is 17.1 Å². The van der Waals surface area contributed by atoms with Crippen LogP contribution < -0.4 is 4.90 Å². The summed E-state index contributed by atoms with van der Waals surface area (Å²) in [7, 11) is 0. The predicted octanol–water partition coefficient (Wildman–Crippen LogP) is 6.50. The van der Waals surface area contributed by atoms with E-state index in [0.717, 1.165) is 6.42 Å². The number of rotatable bonds is 6. The van der Waals surface area contributed by atoms with Crippen LogP contribution in [-0.4, -0.2) is 0 Å². The average molecular weight is 301 g/mol. The van der Waals surface area contributed by atoms with Crippen LogP contribution in [0.2, 0.25) is 0 Å². The molecule has 0 saturated heterocycles. The van der Waals surface area contributed by atoms with Gasteiger partial charge in [0.15, 0.2) is 0 Å². The van der Waals surface area contributed by atoms with Crippen molar-refractivity contribution in [3.63, 3.8) is 0 Å². The molecule has 3 aromatic rings. The largest absolute Gasteiger partial charge is 0.310 e. The molecule has 0 spiro atoms. The number of anilines is 3. The van der Waals surface area contributed by atoms with E-state index in [2.05, 4.69) is 96.8 Å². The highest BCUT2D eigenvalue weighted by Crippen LogP contribution is 2.36. The van der Waals surface area contributed by atoms with Gasteiger partial charge in [-0.05, 0) is 48.7 Å². The van der Waals surface area contributed by atoms with Crippen LogP contribution in [0.1, 0.15) is 25.3 Å². The molecule has 0 atom stereocenters. The van der Waals surface area contributed by atoms with E-state index in [1.165, 1.54) is 35.5 Å². The first-order chi connectivity index (χ1) is 11.4. The number of hydrogen-bond acceptors (Lipinski definition) is 1. The molecule has 0 fully saturated rings. The highest BCUT2D eigenvalue weighted by Gasteiger charge is 2.14. The second-order valence-corrected chi connectivity index (χ2v) is 5.74. The van der Waals surface area contributed by atoms with Gasteiger partial charge in [-0.2, -0.15) is 0 Å². The van der Waals surface area contributed by atoms with Gasteiger partial charge in [-0.25, -0.2) is 0 Å². The predicted molar refractivity (Wildman–Crippen MR) is 99.7 cm³/mol. The Labute approximate surface area is 139 Å². The van der Waals surface area contributed by atoms with Crippen molar-refractivity contribution < 1.29 is 0 Å². The monoisotopic (exact) mass is 301 g/mol. The summed E-state index contributed by atoms with van der Waals surface area (Å²) in [6.45, 7) is 2.24. The van der Waals surface area contributed by atoms with Crippen LogP contribution in [0.3, 0.4) is 0 Å². The standard InChI is InChI=1S/C22H23N/c1-2-3-12-19-13-10-11-18-22(19)23(20-14-6-4-7-15-20)21-16-8-5-9-17-21/h4-11,13-18H,2-3,12H2,1H3. The summed E-state index contributed by atoms with van der Waals surface area (Å²) in [4.78, 5) is 2.35. The van der Waals surface area contributed by atoms with Crippen molar-refractivity contribution in [1.29, 1.82) is 0 Å². The van der Waals surface area contributed by atoms with Gasteiger partial charge in [0.05, 0.1) is 0 Å². The molecule has 0 N–H and O–H groups in total. The first kappa shape index (κ1) is 15.4. The summed E-state index contributed by atoms with van der Waals surface area (Å²) >= 11 is 0. The lowest BCUT2D eigenvalue weighted by Gasteiger charge is -2.27. The number of nitrogens with zero attached hydrogens (tertiary/aromatic N) is 1. The van der Waals surface area contributed by atoms with Crippen molar-refractivity contribution in [3.8, 4) is 0 Å². The Hall–Kier alpha value is -2.54. The van der Waals surface area contributed by atoms with E-state index in [1.807, 2.05) is 0 Å². The fourth-order valence-corrected chi connectivity index (χ4v) is 2.89. The average Bonchev–Trinajstić information content (AvgIpc) is 2.63. The molecule has 23 heavy (non-hydrogen) atoms. The second-order valence-electron chi connectivity index (χ2n) is 5.74. The van der Waals surface area contributed by atoms with Crippen LogP contribution in [-0.2, 0) is 6.42 Å². The summed E-state index contributed by atoms with van der Waals surface area (Å²) in [5.41, 5.74) is 5.07. The van der Waals surface area contributed by atoms with Gasteiger partial charge in [0.1, 0.15) is 0 Å². The first-order valence-corrected chi connectivity index (χ1v) is 8.38. The van der Waals surface area contributed by atoms with Gasteiger partial charge in [0.2, 0.25) is 0 Å². The van der Waals surface area contributed by atoms with E-state index in [-0.39, 0.29) is 0 Å². The zero-order chi connectivity index (χ0) is 15.9. The number of aryl methyl sites for hydroxylation is 1. The van der Waals surface area contributed by atoms with Crippen molar-refractivity contribution >= 4 is 17.1 Å². The molecule has 1 heteroatoms. The van der Waals surface area contributed by atoms with Gasteiger partial charge < -0.3 is 4.90 Å². The van der Waals surface area contributed by atoms with E-state index in [4.69, 9.17) is 0 Å². The molecular weight excluding hydrogens is 278 g/mol. The molecule has 116 valence electrons. The van der Waals surface area contributed by atoms with Crippen LogP contribution in [0.25, 0.3) is 0 Å². The number of hydrogen-bond donors (Lipinski definition) is 0. The van der Waals surface area contributed by atoms with Crippen molar-refractivity contribution in [2.45, 2.75) is 26.2 Å². The lowest BCUT2D eigenvalue weighted by atomic mass is 10.0. The Kier molecular flexibility index (Phi) is 5.10. The maximum Gasteiger partial charge on any atom is 0.0493 e. The topological polar surface area (TPSA) is 3.24 Å². The molecule has 1 nitrogen and oxygen atoms in total. The van der Waals surface area contributed by atoms with E-state index in [0.29, 0.717) is 0 Å². The van der Waals surface area contributed by atoms with E-state index in [1.54, 1.807) is 0 Å². The molecule has 3 aromatic carbocycles. The molecule has 0 radical (unpaired) electrons. The summed E-state index contributed by atoms with van der Waals surface area (Å²) < 4.78 is 0. The third-order valence-corrected chi connectivity index (χ3v) is 4.06. The van der Waals surface area contributed by atoms with E-state index >= 15 is 0 Å². The highest BCUT2D eigenvalue weighted by atomic mass is 15.1. The molecule has 0 unspecified atom stereocenters. The Morgan fingerprint density at radius 2 is 1.17 bits per heavy atom. The molecule has 0 aliphatic rings. The van der Waals surface area contributed by atoms with Crippen LogP contribution in [0.5, 0.6) is 0 Å². The lowest BCUT2D eigenvalue weighted by Crippen LogP contribution is -2.12. The minimum absolute atomic E-state index is 1.11. The Morgan fingerprint density at radius 1 is 0.652 bits per heavy atom. The smallest absolute Gasteiger partial charge is 0.0493 e. The fraction of sp³-hybridized carbons (Fsp3) is 0.182. The number of unbranched alkanes of at least 4 members (excludes halogenated alkanes) is 1. The molecule has 0 bridgehead atoms. The van der Waals surface area contributed by atoms with Crippen LogP contribution in [0.4, 0.5) is 17.1 Å². The SMILES string of the molecule is CCCCc1ccccc1N(c1ccccc1)c1ccccc1. The highest BCUT2D eigenvalue weighted by molar-refractivity contribution is 5.78. The van der Waals surface area contributed by atoms with Gasteiger partial charge in [-0.3, -0.25) is 0 Å². The third-order valence-electron chi connectivity index (χ3n) is 4.06. The fourth-order valence-electron chi connectivity index (χ4n) is 2.89. The maximum atomic E-state index is 2.35. The third kappa shape index (κ3) is 3.62. The molecule has 0 heterocycles. The van der Waals surface area contributed by atoms with Crippen molar-refractivity contribution in [2.75, 3.05) is 4.90 Å². The zero-order valence-electron chi connectivity index (χ0n) is 13.7. The minimum atomic E-state index is 1.11. The van der Waals surface area contributed by atoms with Gasteiger partial charge >= 0.3 is 0 Å². The molecule has 0 saturated carbocycles. The zero-order valence-corrected chi connectivity index (χ0v) is 13.7. The van der Waals surface area contributed by atoms with Crippen LogP contribution in [0.15, 0.2) is 84.9 Å². The molecule has 0 aliphatic heterocycles. The van der Waals surface area contributed by atoms with E-state index < -0.39 is 0 Å². The summed E-state index contributed by atoms with van der Waals surface area (Å²) in [6, 6.07) is 30.0. The Morgan fingerprint density at radius 3 is 1.74 bits per heavy atom. The molecule has 0 aromatic heterocycles. The summed E-state index contributed by atoms with van der Waals surface area (Å²) in [5, 5.41) is 0. The minimum Gasteiger partial charge on any atom is -0.310 e. The summed E-state index contributed by atoms with van der Waals surface area (Å²) in [5.74, 6) is 0. The van der Waals surface area contributed by atoms with Crippen molar-refractivity contribution in [1.82, 2.24) is 0 Å². The Balaban J connectivity index is 2.10. The van der Waals surface area contributed by atoms with Crippen molar-refractivity contribution in [2.24, 2.45) is 0 Å². The maximum absolute atomic E-state index is 2.35. The van der Waals surface area contributed by atoms with Gasteiger partial charge in [-0.1, -0.05) is 67.9 Å². The first-order valence-electron chi connectivity index (χ1n) is 8.38. The molecule has 0 aliphatic carbocycles. The molecule has 0 amide bonds. The van der Waals surface area contributed by atoms with Crippen LogP contribution in [0, 0.1) is 0 Å². The van der Waals surface area contributed by atoms with Gasteiger partial charge in [0.25, 0.3) is 0 Å². The van der Waals surface area contributed by atoms with Crippen molar-refractivity contribution in [3.05, 3.63) is 90.5 Å². The quantitative estimate of drug-likeness (QED) is 0.502. The van der Waals surface area contributed by atoms with Gasteiger partial charge in [-0.15, -0.1) is 0 Å². The number of para-hydroxylation sites is 3. The van der Waals surface area contributed by atoms with Crippen LogP contribution >= 0.6 is 0 Å². The molecular formula is C22H23N. The molecule has 3 rings (SSSR count). The summed E-state index contributed by atoms with van der Waals surface area (Å²) in [6.07, 6.45) is 3.54. The lowest BCUT2D eigenvalue weighted by molar-refractivity contribution is 0.795. The number of benzene rings is 3. The van der Waals surface area contributed by atoms with E-state index in [9.17, 15) is 0 Å². The Bertz CT molecular complexity index is 680.